The van der Waals surface area contributed by atoms with E-state index in [1.165, 1.54) is 0 Å². The number of carbonyl (C=O) groups excluding carboxylic acids is 1. The summed E-state index contributed by atoms with van der Waals surface area (Å²) >= 11 is 9.91. The van der Waals surface area contributed by atoms with Crippen LogP contribution in [0, 0.1) is 12.3 Å². The second-order valence-electron chi connectivity index (χ2n) is 10.6. The lowest BCUT2D eigenvalue weighted by Crippen LogP contribution is -2.57. The third-order valence-corrected chi connectivity index (χ3v) is 9.04. The number of halogens is 2. The summed E-state index contributed by atoms with van der Waals surface area (Å²) in [5.74, 6) is -1.03. The van der Waals surface area contributed by atoms with Gasteiger partial charge in [-0.25, -0.2) is 4.98 Å². The van der Waals surface area contributed by atoms with Crippen molar-refractivity contribution in [2.45, 2.75) is 38.1 Å². The van der Waals surface area contributed by atoms with Crippen molar-refractivity contribution in [3.63, 3.8) is 0 Å². The Kier molecular flexibility index (Phi) is 6.35. The molecule has 1 saturated carbocycles. The van der Waals surface area contributed by atoms with E-state index in [2.05, 4.69) is 21.2 Å². The van der Waals surface area contributed by atoms with Gasteiger partial charge in [0.1, 0.15) is 0 Å². The van der Waals surface area contributed by atoms with Crippen molar-refractivity contribution >= 4 is 55.9 Å². The van der Waals surface area contributed by atoms with Crippen LogP contribution in [0.2, 0.25) is 5.02 Å². The fraction of sp³-hybridized carbons (Fsp3) is 0.219. The van der Waals surface area contributed by atoms with Gasteiger partial charge in [-0.05, 0) is 79.6 Å². The monoisotopic (exact) mass is 600 g/mol. The number of hydrogen-bond acceptors (Lipinski definition) is 3. The summed E-state index contributed by atoms with van der Waals surface area (Å²) in [7, 11) is 0. The molecule has 4 aromatic rings. The largest absolute Gasteiger partial charge is 0.481 e. The van der Waals surface area contributed by atoms with Gasteiger partial charge in [0.25, 0.3) is 5.91 Å². The first-order chi connectivity index (χ1) is 18.7. The number of hydrogen-bond donors (Lipinski definition) is 2. The molecular formula is C32H26BrClN2O3. The number of pyridine rings is 1. The fourth-order valence-corrected chi connectivity index (χ4v) is 6.77. The van der Waals surface area contributed by atoms with E-state index in [4.69, 9.17) is 16.6 Å². The first kappa shape index (κ1) is 25.8. The van der Waals surface area contributed by atoms with Gasteiger partial charge in [0.15, 0.2) is 0 Å². The predicted molar refractivity (Wildman–Crippen MR) is 158 cm³/mol. The van der Waals surface area contributed by atoms with Crippen molar-refractivity contribution in [3.8, 4) is 11.3 Å². The van der Waals surface area contributed by atoms with Crippen molar-refractivity contribution in [3.05, 3.63) is 105 Å². The van der Waals surface area contributed by atoms with Crippen LogP contribution in [0.15, 0.2) is 83.3 Å². The van der Waals surface area contributed by atoms with Crippen LogP contribution in [0.25, 0.3) is 27.7 Å². The molecule has 39 heavy (non-hydrogen) atoms. The number of nitrogens with one attached hydrogen (secondary N) is 1. The molecule has 1 aromatic heterocycles. The first-order valence-electron chi connectivity index (χ1n) is 12.9. The van der Waals surface area contributed by atoms with Crippen molar-refractivity contribution in [1.82, 2.24) is 10.3 Å². The smallest absolute Gasteiger partial charge is 0.313 e. The van der Waals surface area contributed by atoms with Gasteiger partial charge in [0, 0.05) is 20.4 Å². The number of aromatic nitrogens is 1. The predicted octanol–water partition coefficient (Wildman–Crippen LogP) is 7.84. The highest BCUT2D eigenvalue weighted by molar-refractivity contribution is 9.10. The molecular weight excluding hydrogens is 576 g/mol. The Bertz CT molecular complexity index is 1670. The van der Waals surface area contributed by atoms with Crippen LogP contribution >= 0.6 is 27.5 Å². The molecule has 0 spiro atoms. The quantitative estimate of drug-likeness (QED) is 0.244. The molecule has 3 aromatic carbocycles. The van der Waals surface area contributed by atoms with E-state index in [1.54, 1.807) is 6.07 Å². The SMILES string of the molecule is Cc1c(-c2ccccc2)nc2ccc(Br)cc2c1C(=O)NC12CCC(C(=O)O)(C=C1c1cccc(Cl)c1)CC2. The van der Waals surface area contributed by atoms with E-state index in [0.29, 0.717) is 36.3 Å². The van der Waals surface area contributed by atoms with Crippen LogP contribution in [0.1, 0.15) is 47.2 Å². The van der Waals surface area contributed by atoms with Crippen LogP contribution < -0.4 is 5.32 Å². The number of fused-ring (bicyclic) bond motifs is 3. The van der Waals surface area contributed by atoms with E-state index in [1.807, 2.05) is 79.7 Å². The Balaban J connectivity index is 1.50. The van der Waals surface area contributed by atoms with E-state index in [-0.39, 0.29) is 5.91 Å². The van der Waals surface area contributed by atoms with Gasteiger partial charge in [-0.15, -0.1) is 0 Å². The molecule has 0 unspecified atom stereocenters. The maximum atomic E-state index is 14.4. The van der Waals surface area contributed by atoms with Crippen molar-refractivity contribution < 1.29 is 14.7 Å². The maximum absolute atomic E-state index is 14.4. The van der Waals surface area contributed by atoms with Gasteiger partial charge in [-0.2, -0.15) is 0 Å². The molecule has 0 saturated heterocycles. The van der Waals surface area contributed by atoms with Gasteiger partial charge < -0.3 is 10.4 Å². The Hall–Kier alpha value is -3.48. The lowest BCUT2D eigenvalue weighted by atomic mass is 9.57. The molecule has 2 N–H and O–H groups in total. The Morgan fingerprint density at radius 1 is 0.949 bits per heavy atom. The lowest BCUT2D eigenvalue weighted by molar-refractivity contribution is -0.148. The number of carbonyl (C=O) groups is 2. The second-order valence-corrected chi connectivity index (χ2v) is 11.9. The number of benzene rings is 3. The summed E-state index contributed by atoms with van der Waals surface area (Å²) in [4.78, 5) is 31.6. The van der Waals surface area contributed by atoms with Crippen LogP contribution in [-0.2, 0) is 4.79 Å². The Morgan fingerprint density at radius 3 is 2.36 bits per heavy atom. The van der Waals surface area contributed by atoms with Crippen LogP contribution in [0.3, 0.4) is 0 Å². The third kappa shape index (κ3) is 4.36. The van der Waals surface area contributed by atoms with E-state index in [0.717, 1.165) is 43.3 Å². The summed E-state index contributed by atoms with van der Waals surface area (Å²) in [6, 6.07) is 23.1. The molecule has 1 amide bonds. The fourth-order valence-electron chi connectivity index (χ4n) is 6.21. The molecule has 1 heterocycles. The Morgan fingerprint density at radius 2 is 1.67 bits per heavy atom. The minimum Gasteiger partial charge on any atom is -0.481 e. The molecule has 1 fully saturated rings. The molecule has 0 atom stereocenters. The van der Waals surface area contributed by atoms with Crippen molar-refractivity contribution in [2.24, 2.45) is 5.41 Å². The van der Waals surface area contributed by atoms with Gasteiger partial charge in [-0.1, -0.05) is 76.1 Å². The zero-order chi connectivity index (χ0) is 27.4. The van der Waals surface area contributed by atoms with Gasteiger partial charge >= 0.3 is 5.97 Å². The molecule has 3 aliphatic rings. The highest BCUT2D eigenvalue weighted by Crippen LogP contribution is 2.54. The zero-order valence-corrected chi connectivity index (χ0v) is 23.6. The summed E-state index contributed by atoms with van der Waals surface area (Å²) in [5, 5.41) is 14.9. The minimum atomic E-state index is -0.936. The van der Waals surface area contributed by atoms with Gasteiger partial charge in [0.2, 0.25) is 0 Å². The maximum Gasteiger partial charge on any atom is 0.313 e. The number of nitrogens with zero attached hydrogens (tertiary/aromatic N) is 1. The van der Waals surface area contributed by atoms with E-state index < -0.39 is 16.9 Å². The van der Waals surface area contributed by atoms with Crippen LogP contribution in [0.4, 0.5) is 0 Å². The molecule has 3 aliphatic carbocycles. The standard InChI is InChI=1S/C32H26BrClN2O3/c1-19-27(24-17-22(33)10-11-26(24)35-28(19)20-6-3-2-4-7-20)29(37)36-32-14-12-31(13-15-32,30(38)39)18-25(32)21-8-5-9-23(34)16-21/h2-11,16-18H,12-15H2,1H3,(H,36,37)(H,38,39). The lowest BCUT2D eigenvalue weighted by Gasteiger charge is -2.51. The van der Waals surface area contributed by atoms with Crippen LogP contribution in [0.5, 0.6) is 0 Å². The molecule has 196 valence electrons. The van der Waals surface area contributed by atoms with Crippen molar-refractivity contribution in [1.29, 1.82) is 0 Å². The average molecular weight is 602 g/mol. The van der Waals surface area contributed by atoms with E-state index in [9.17, 15) is 14.7 Å². The first-order valence-corrected chi connectivity index (χ1v) is 14.1. The topological polar surface area (TPSA) is 79.3 Å². The van der Waals surface area contributed by atoms with E-state index >= 15 is 0 Å². The summed E-state index contributed by atoms with van der Waals surface area (Å²) in [6.45, 7) is 1.94. The zero-order valence-electron chi connectivity index (χ0n) is 21.3. The van der Waals surface area contributed by atoms with Crippen molar-refractivity contribution in [2.75, 3.05) is 0 Å². The molecule has 0 aliphatic heterocycles. The Labute approximate surface area is 240 Å². The highest BCUT2D eigenvalue weighted by atomic mass is 79.9. The molecule has 5 nitrogen and oxygen atoms in total. The number of carboxylic acid groups (broad SMARTS) is 1. The molecule has 7 heteroatoms. The molecule has 0 radical (unpaired) electrons. The third-order valence-electron chi connectivity index (χ3n) is 8.31. The highest BCUT2D eigenvalue weighted by Gasteiger charge is 2.54. The molecule has 7 rings (SSSR count). The number of amides is 1. The number of carboxylic acids is 1. The summed E-state index contributed by atoms with van der Waals surface area (Å²) in [5.41, 5.74) is 3.79. The average Bonchev–Trinajstić information content (AvgIpc) is 2.93. The minimum absolute atomic E-state index is 0.201. The molecule has 2 bridgehead atoms. The van der Waals surface area contributed by atoms with Crippen LogP contribution in [-0.4, -0.2) is 27.5 Å². The summed E-state index contributed by atoms with van der Waals surface area (Å²) in [6.07, 6.45) is 3.84. The van der Waals surface area contributed by atoms with Gasteiger partial charge in [-0.3, -0.25) is 9.59 Å². The second kappa shape index (κ2) is 9.61. The van der Waals surface area contributed by atoms with Gasteiger partial charge in [0.05, 0.1) is 27.7 Å². The number of aliphatic carboxylic acids is 1. The summed E-state index contributed by atoms with van der Waals surface area (Å²) < 4.78 is 0.858. The number of rotatable bonds is 5. The normalized spacial score (nSPS) is 22.0.